The zero-order valence-corrected chi connectivity index (χ0v) is 12.4. The van der Waals surface area contributed by atoms with E-state index in [4.69, 9.17) is 10.00 Å². The lowest BCUT2D eigenvalue weighted by Crippen LogP contribution is -2.06. The van der Waals surface area contributed by atoms with Crippen molar-refractivity contribution in [2.45, 2.75) is 0 Å². The van der Waals surface area contributed by atoms with Gasteiger partial charge in [-0.3, -0.25) is 0 Å². The Balaban J connectivity index is 2.26. The van der Waals surface area contributed by atoms with Gasteiger partial charge in [0, 0.05) is 15.3 Å². The predicted molar refractivity (Wildman–Crippen MR) is 84.5 cm³/mol. The van der Waals surface area contributed by atoms with Gasteiger partial charge in [0.2, 0.25) is 0 Å². The molecular weight excluding hydrogens is 301 g/mol. The van der Waals surface area contributed by atoms with Crippen molar-refractivity contribution >= 4 is 23.4 Å². The summed E-state index contributed by atoms with van der Waals surface area (Å²) in [4.78, 5) is 13.0. The normalized spacial score (nSPS) is 10.8. The summed E-state index contributed by atoms with van der Waals surface area (Å²) in [7, 11) is 0. The van der Waals surface area contributed by atoms with E-state index < -0.39 is 5.97 Å². The van der Waals surface area contributed by atoms with E-state index in [2.05, 4.69) is 6.58 Å². The van der Waals surface area contributed by atoms with Gasteiger partial charge in [0.1, 0.15) is 24.1 Å². The standard InChI is InChI=1S/C17H12FNO2S/c1-2-9-21-17(20)12(11-19)10-13-7-8-16(22-13)14-5-3-4-6-15(14)18/h2-8,10H,1,9H2/b12-10+. The van der Waals surface area contributed by atoms with Gasteiger partial charge in [0.15, 0.2) is 0 Å². The lowest BCUT2D eigenvalue weighted by atomic mass is 10.2. The number of nitrogens with zero attached hydrogens (tertiary/aromatic N) is 1. The number of hydrogen-bond acceptors (Lipinski definition) is 4. The average molecular weight is 313 g/mol. The molecule has 0 saturated carbocycles. The van der Waals surface area contributed by atoms with Crippen LogP contribution in [0.15, 0.2) is 54.6 Å². The molecule has 0 radical (unpaired) electrons. The Bertz CT molecular complexity index is 771. The Kier molecular flexibility index (Phi) is 5.23. The molecule has 0 aliphatic heterocycles. The summed E-state index contributed by atoms with van der Waals surface area (Å²) in [6.45, 7) is 3.48. The molecule has 3 nitrogen and oxygen atoms in total. The maximum atomic E-state index is 13.7. The highest BCUT2D eigenvalue weighted by Gasteiger charge is 2.12. The van der Waals surface area contributed by atoms with Crippen molar-refractivity contribution in [1.29, 1.82) is 5.26 Å². The topological polar surface area (TPSA) is 50.1 Å². The van der Waals surface area contributed by atoms with Gasteiger partial charge in [0.25, 0.3) is 0 Å². The van der Waals surface area contributed by atoms with Crippen LogP contribution in [0.25, 0.3) is 16.5 Å². The first-order chi connectivity index (χ1) is 10.7. The van der Waals surface area contributed by atoms with Crippen LogP contribution in [0.3, 0.4) is 0 Å². The van der Waals surface area contributed by atoms with Crippen LogP contribution in [0.4, 0.5) is 4.39 Å². The molecule has 0 atom stereocenters. The first-order valence-electron chi connectivity index (χ1n) is 6.40. The van der Waals surface area contributed by atoms with Gasteiger partial charge in [-0.05, 0) is 24.3 Å². The molecular formula is C17H12FNO2S. The SMILES string of the molecule is C=CCOC(=O)/C(C#N)=C/c1ccc(-c2ccccc2F)s1. The third-order valence-corrected chi connectivity index (χ3v) is 3.79. The fourth-order valence-electron chi connectivity index (χ4n) is 1.73. The number of thiophene rings is 1. The third-order valence-electron chi connectivity index (χ3n) is 2.73. The third kappa shape index (κ3) is 3.68. The van der Waals surface area contributed by atoms with Gasteiger partial charge in [-0.2, -0.15) is 5.26 Å². The summed E-state index contributed by atoms with van der Waals surface area (Å²) in [5.74, 6) is -1.02. The number of halogens is 1. The molecule has 0 amide bonds. The predicted octanol–water partition coefficient (Wildman–Crippen LogP) is 4.19. The fourth-order valence-corrected chi connectivity index (χ4v) is 2.71. The Morgan fingerprint density at radius 2 is 2.14 bits per heavy atom. The van der Waals surface area contributed by atoms with Gasteiger partial charge in [0.05, 0.1) is 0 Å². The minimum atomic E-state index is -0.705. The van der Waals surface area contributed by atoms with Gasteiger partial charge in [-0.25, -0.2) is 9.18 Å². The van der Waals surface area contributed by atoms with E-state index in [0.29, 0.717) is 10.4 Å². The second-order valence-electron chi connectivity index (χ2n) is 4.24. The summed E-state index contributed by atoms with van der Waals surface area (Å²) < 4.78 is 18.6. The summed E-state index contributed by atoms with van der Waals surface area (Å²) in [5.41, 5.74) is 0.378. The molecule has 0 aliphatic carbocycles. The highest BCUT2D eigenvalue weighted by molar-refractivity contribution is 7.16. The molecule has 0 spiro atoms. The first-order valence-corrected chi connectivity index (χ1v) is 7.22. The van der Waals surface area contributed by atoms with Crippen LogP contribution < -0.4 is 0 Å². The highest BCUT2D eigenvalue weighted by Crippen LogP contribution is 2.31. The minimum Gasteiger partial charge on any atom is -0.457 e. The zero-order valence-electron chi connectivity index (χ0n) is 11.6. The quantitative estimate of drug-likeness (QED) is 0.360. The van der Waals surface area contributed by atoms with Crippen molar-refractivity contribution in [3.63, 3.8) is 0 Å². The molecule has 5 heteroatoms. The highest BCUT2D eigenvalue weighted by atomic mass is 32.1. The Hall–Kier alpha value is -2.71. The molecule has 2 aromatic rings. The molecule has 1 aromatic carbocycles. The van der Waals surface area contributed by atoms with Gasteiger partial charge < -0.3 is 4.74 Å². The van der Waals surface area contributed by atoms with E-state index in [1.165, 1.54) is 29.6 Å². The molecule has 0 aliphatic rings. The minimum absolute atomic E-state index is 0.0444. The molecule has 110 valence electrons. The molecule has 0 unspecified atom stereocenters. The number of carbonyl (C=O) groups excluding carboxylic acids is 1. The molecule has 0 N–H and O–H groups in total. The second-order valence-corrected chi connectivity index (χ2v) is 5.35. The van der Waals surface area contributed by atoms with Gasteiger partial charge >= 0.3 is 5.97 Å². The van der Waals surface area contributed by atoms with Crippen LogP contribution in [0.1, 0.15) is 4.88 Å². The fraction of sp³-hybridized carbons (Fsp3) is 0.0588. The summed E-state index contributed by atoms with van der Waals surface area (Å²) >= 11 is 1.29. The van der Waals surface area contributed by atoms with E-state index >= 15 is 0 Å². The molecule has 0 saturated heterocycles. The van der Waals surface area contributed by atoms with E-state index in [1.807, 2.05) is 0 Å². The van der Waals surface area contributed by atoms with Gasteiger partial charge in [-0.1, -0.05) is 30.9 Å². The zero-order chi connectivity index (χ0) is 15.9. The monoisotopic (exact) mass is 313 g/mol. The molecule has 0 bridgehead atoms. The Labute approximate surface area is 131 Å². The molecule has 0 fully saturated rings. The largest absolute Gasteiger partial charge is 0.457 e. The molecule has 22 heavy (non-hydrogen) atoms. The average Bonchev–Trinajstić information content (AvgIpc) is 2.99. The number of rotatable bonds is 5. The Morgan fingerprint density at radius 1 is 1.36 bits per heavy atom. The molecule has 2 rings (SSSR count). The van der Waals surface area contributed by atoms with Crippen molar-refractivity contribution in [2.75, 3.05) is 6.61 Å². The summed E-state index contributed by atoms with van der Waals surface area (Å²) in [6.07, 6.45) is 2.86. The number of hydrogen-bond donors (Lipinski definition) is 0. The van der Waals surface area contributed by atoms with E-state index in [-0.39, 0.29) is 18.0 Å². The lowest BCUT2D eigenvalue weighted by molar-refractivity contribution is -0.137. The second kappa shape index (κ2) is 7.34. The number of ether oxygens (including phenoxy) is 1. The van der Waals surface area contributed by atoms with Crippen molar-refractivity contribution in [3.05, 3.63) is 65.3 Å². The number of nitriles is 1. The maximum absolute atomic E-state index is 13.7. The van der Waals surface area contributed by atoms with Gasteiger partial charge in [-0.15, -0.1) is 11.3 Å². The lowest BCUT2D eigenvalue weighted by Gasteiger charge is -1.99. The number of carbonyl (C=O) groups is 1. The van der Waals surface area contributed by atoms with Crippen molar-refractivity contribution in [2.24, 2.45) is 0 Å². The van der Waals surface area contributed by atoms with Crippen molar-refractivity contribution in [3.8, 4) is 16.5 Å². The molecule has 1 heterocycles. The first kappa shape index (κ1) is 15.7. The van der Waals surface area contributed by atoms with E-state index in [0.717, 1.165) is 4.88 Å². The van der Waals surface area contributed by atoms with Crippen LogP contribution in [0, 0.1) is 17.1 Å². The number of benzene rings is 1. The van der Waals surface area contributed by atoms with Crippen LogP contribution in [0.5, 0.6) is 0 Å². The van der Waals surface area contributed by atoms with Crippen LogP contribution in [-0.2, 0) is 9.53 Å². The summed E-state index contributed by atoms with van der Waals surface area (Å²) in [5, 5.41) is 9.02. The van der Waals surface area contributed by atoms with Crippen LogP contribution in [0.2, 0.25) is 0 Å². The van der Waals surface area contributed by atoms with E-state index in [1.54, 1.807) is 36.4 Å². The van der Waals surface area contributed by atoms with Crippen LogP contribution in [-0.4, -0.2) is 12.6 Å². The Morgan fingerprint density at radius 3 is 2.82 bits per heavy atom. The van der Waals surface area contributed by atoms with E-state index in [9.17, 15) is 9.18 Å². The van der Waals surface area contributed by atoms with Crippen molar-refractivity contribution in [1.82, 2.24) is 0 Å². The molecule has 1 aromatic heterocycles. The maximum Gasteiger partial charge on any atom is 0.349 e. The smallest absolute Gasteiger partial charge is 0.349 e. The summed E-state index contributed by atoms with van der Waals surface area (Å²) in [6, 6.07) is 11.7. The van der Waals surface area contributed by atoms with Crippen molar-refractivity contribution < 1.29 is 13.9 Å². The number of esters is 1. The van der Waals surface area contributed by atoms with Crippen LogP contribution >= 0.6 is 11.3 Å².